The maximum Gasteiger partial charge on any atom is 0.227 e. The lowest BCUT2D eigenvalue weighted by Crippen LogP contribution is -2.41. The molecular formula is C20H21ClN4O. The zero-order valence-corrected chi connectivity index (χ0v) is 15.2. The summed E-state index contributed by atoms with van der Waals surface area (Å²) in [5.74, 6) is 0.0648. The topological polar surface area (TPSA) is 73.6 Å². The second-order valence-electron chi connectivity index (χ2n) is 7.47. The molecule has 5 rings (SSSR count). The fourth-order valence-corrected chi connectivity index (χ4v) is 4.72. The van der Waals surface area contributed by atoms with E-state index in [1.165, 1.54) is 16.6 Å². The molecule has 0 spiro atoms. The molecule has 1 amide bonds. The van der Waals surface area contributed by atoms with Crippen LogP contribution >= 0.6 is 11.6 Å². The minimum absolute atomic E-state index is 0.0729. The number of hydrogen-bond acceptors (Lipinski definition) is 2. The van der Waals surface area contributed by atoms with Crippen molar-refractivity contribution >= 4 is 28.4 Å². The molecule has 0 radical (unpaired) electrons. The van der Waals surface area contributed by atoms with Crippen LogP contribution in [0.2, 0.25) is 5.02 Å². The Labute approximate surface area is 156 Å². The average Bonchev–Trinajstić information content (AvgIpc) is 3.25. The van der Waals surface area contributed by atoms with Crippen LogP contribution in [0, 0.1) is 0 Å². The van der Waals surface area contributed by atoms with E-state index < -0.39 is 0 Å². The number of nitrogens with one attached hydrogen (secondary N) is 3. The highest BCUT2D eigenvalue weighted by Crippen LogP contribution is 2.33. The number of aromatic amines is 2. The van der Waals surface area contributed by atoms with Crippen LogP contribution in [0.1, 0.15) is 47.7 Å². The Hall–Kier alpha value is -2.27. The van der Waals surface area contributed by atoms with Gasteiger partial charge in [-0.15, -0.1) is 0 Å². The van der Waals surface area contributed by atoms with Crippen LogP contribution in [-0.2, 0) is 24.1 Å². The molecule has 2 atom stereocenters. The van der Waals surface area contributed by atoms with E-state index in [1.807, 2.05) is 24.4 Å². The zero-order chi connectivity index (χ0) is 17.7. The van der Waals surface area contributed by atoms with Gasteiger partial charge in [0.2, 0.25) is 5.91 Å². The van der Waals surface area contributed by atoms with Crippen LogP contribution in [-0.4, -0.2) is 27.1 Å². The van der Waals surface area contributed by atoms with Crippen LogP contribution in [0.4, 0.5) is 0 Å². The molecule has 0 saturated heterocycles. The molecule has 0 aliphatic heterocycles. The first-order valence-corrected chi connectivity index (χ1v) is 9.68. The SMILES string of the molecule is O=C(NC1CCc2[nH]c3ccc(Cl)cc3c2C1)C1CCCc2[nH]ncc21. The van der Waals surface area contributed by atoms with Crippen LogP contribution in [0.5, 0.6) is 0 Å². The van der Waals surface area contributed by atoms with Gasteiger partial charge in [0, 0.05) is 38.9 Å². The number of amides is 1. The van der Waals surface area contributed by atoms with Crippen LogP contribution < -0.4 is 5.32 Å². The summed E-state index contributed by atoms with van der Waals surface area (Å²) in [6.07, 6.45) is 7.51. The number of rotatable bonds is 2. The molecule has 26 heavy (non-hydrogen) atoms. The maximum absolute atomic E-state index is 12.9. The van der Waals surface area contributed by atoms with E-state index in [4.69, 9.17) is 11.6 Å². The Morgan fingerprint density at radius 3 is 3.08 bits per heavy atom. The Bertz CT molecular complexity index is 989. The lowest BCUT2D eigenvalue weighted by atomic mass is 9.85. The average molecular weight is 369 g/mol. The van der Waals surface area contributed by atoms with E-state index in [0.717, 1.165) is 60.3 Å². The van der Waals surface area contributed by atoms with Crippen molar-refractivity contribution in [3.05, 3.63) is 51.9 Å². The van der Waals surface area contributed by atoms with E-state index >= 15 is 0 Å². The lowest BCUT2D eigenvalue weighted by Gasteiger charge is -2.27. The summed E-state index contributed by atoms with van der Waals surface area (Å²) in [5, 5.41) is 12.4. The third-order valence-electron chi connectivity index (χ3n) is 5.86. The molecule has 3 aromatic rings. The van der Waals surface area contributed by atoms with Gasteiger partial charge in [-0.05, 0) is 62.3 Å². The van der Waals surface area contributed by atoms with Gasteiger partial charge in [-0.2, -0.15) is 5.10 Å². The number of halogens is 1. The van der Waals surface area contributed by atoms with E-state index in [1.54, 1.807) is 0 Å². The Kier molecular flexibility index (Phi) is 3.78. The van der Waals surface area contributed by atoms with Gasteiger partial charge >= 0.3 is 0 Å². The molecule has 0 fully saturated rings. The van der Waals surface area contributed by atoms with E-state index in [0.29, 0.717) is 0 Å². The largest absolute Gasteiger partial charge is 0.358 e. The van der Waals surface area contributed by atoms with Gasteiger partial charge in [-0.3, -0.25) is 9.89 Å². The Morgan fingerprint density at radius 1 is 1.23 bits per heavy atom. The summed E-state index contributed by atoms with van der Waals surface area (Å²) in [6.45, 7) is 0. The molecule has 1 aromatic carbocycles. The molecule has 134 valence electrons. The molecule has 2 aliphatic carbocycles. The van der Waals surface area contributed by atoms with Crippen LogP contribution in [0.25, 0.3) is 10.9 Å². The van der Waals surface area contributed by atoms with Gasteiger partial charge in [0.25, 0.3) is 0 Å². The van der Waals surface area contributed by atoms with E-state index in [2.05, 4.69) is 20.5 Å². The molecule has 5 nitrogen and oxygen atoms in total. The fraction of sp³-hybridized carbons (Fsp3) is 0.400. The Morgan fingerprint density at radius 2 is 2.15 bits per heavy atom. The van der Waals surface area contributed by atoms with Crippen molar-refractivity contribution in [1.29, 1.82) is 0 Å². The number of aromatic nitrogens is 3. The molecule has 0 bridgehead atoms. The van der Waals surface area contributed by atoms with E-state index in [-0.39, 0.29) is 17.9 Å². The minimum atomic E-state index is -0.0729. The minimum Gasteiger partial charge on any atom is -0.358 e. The molecular weight excluding hydrogens is 348 g/mol. The highest BCUT2D eigenvalue weighted by atomic mass is 35.5. The van der Waals surface area contributed by atoms with Gasteiger partial charge < -0.3 is 10.3 Å². The van der Waals surface area contributed by atoms with Crippen molar-refractivity contribution in [2.75, 3.05) is 0 Å². The van der Waals surface area contributed by atoms with Crippen molar-refractivity contribution in [2.45, 2.75) is 50.5 Å². The number of nitrogens with zero attached hydrogens (tertiary/aromatic N) is 1. The normalized spacial score (nSPS) is 22.0. The van der Waals surface area contributed by atoms with Crippen molar-refractivity contribution in [3.63, 3.8) is 0 Å². The predicted molar refractivity (Wildman–Crippen MR) is 102 cm³/mol. The number of hydrogen-bond donors (Lipinski definition) is 3. The standard InChI is InChI=1S/C20H21ClN4O/c21-11-4-6-17-14(8-11)15-9-12(5-7-18(15)24-17)23-20(26)13-2-1-3-19-16(13)10-22-25-19/h4,6,8,10,12-13,24H,1-3,5,7,9H2,(H,22,25)(H,23,26). The quantitative estimate of drug-likeness (QED) is 0.646. The lowest BCUT2D eigenvalue weighted by molar-refractivity contribution is -0.123. The van der Waals surface area contributed by atoms with Gasteiger partial charge in [0.15, 0.2) is 0 Å². The summed E-state index contributed by atoms with van der Waals surface area (Å²) in [6, 6.07) is 6.14. The van der Waals surface area contributed by atoms with Crippen molar-refractivity contribution in [1.82, 2.24) is 20.5 Å². The number of benzene rings is 1. The number of H-pyrrole nitrogens is 2. The first-order valence-electron chi connectivity index (χ1n) is 9.30. The Balaban J connectivity index is 1.36. The van der Waals surface area contributed by atoms with Crippen LogP contribution in [0.15, 0.2) is 24.4 Å². The van der Waals surface area contributed by atoms with E-state index in [9.17, 15) is 4.79 Å². The number of carbonyl (C=O) groups excluding carboxylic acids is 1. The molecule has 2 aliphatic rings. The number of fused-ring (bicyclic) bond motifs is 4. The number of aryl methyl sites for hydroxylation is 2. The first-order chi connectivity index (χ1) is 12.7. The first kappa shape index (κ1) is 15.9. The monoisotopic (exact) mass is 368 g/mol. The summed E-state index contributed by atoms with van der Waals surface area (Å²) >= 11 is 6.18. The van der Waals surface area contributed by atoms with Crippen molar-refractivity contribution in [2.24, 2.45) is 0 Å². The smallest absolute Gasteiger partial charge is 0.227 e. The van der Waals surface area contributed by atoms with Crippen molar-refractivity contribution < 1.29 is 4.79 Å². The highest BCUT2D eigenvalue weighted by Gasteiger charge is 2.31. The van der Waals surface area contributed by atoms with Crippen LogP contribution in [0.3, 0.4) is 0 Å². The third kappa shape index (κ3) is 2.62. The second-order valence-corrected chi connectivity index (χ2v) is 7.91. The van der Waals surface area contributed by atoms with Gasteiger partial charge in [-0.1, -0.05) is 11.6 Å². The summed E-state index contributed by atoms with van der Waals surface area (Å²) in [7, 11) is 0. The molecule has 2 heterocycles. The molecule has 3 N–H and O–H groups in total. The molecule has 0 saturated carbocycles. The van der Waals surface area contributed by atoms with Crippen molar-refractivity contribution in [3.8, 4) is 0 Å². The number of carbonyl (C=O) groups is 1. The second kappa shape index (κ2) is 6.16. The predicted octanol–water partition coefficient (Wildman–Crippen LogP) is 3.64. The van der Waals surface area contributed by atoms with Gasteiger partial charge in [0.05, 0.1) is 12.1 Å². The molecule has 2 unspecified atom stereocenters. The molecule has 2 aromatic heterocycles. The summed E-state index contributed by atoms with van der Waals surface area (Å²) < 4.78 is 0. The molecule has 6 heteroatoms. The highest BCUT2D eigenvalue weighted by molar-refractivity contribution is 6.31. The zero-order valence-electron chi connectivity index (χ0n) is 14.4. The van der Waals surface area contributed by atoms with Gasteiger partial charge in [-0.25, -0.2) is 0 Å². The third-order valence-corrected chi connectivity index (χ3v) is 6.09. The summed E-state index contributed by atoms with van der Waals surface area (Å²) in [5.41, 5.74) is 5.90. The van der Waals surface area contributed by atoms with Gasteiger partial charge in [0.1, 0.15) is 0 Å². The fourth-order valence-electron chi connectivity index (χ4n) is 4.55. The summed E-state index contributed by atoms with van der Waals surface area (Å²) in [4.78, 5) is 16.4. The maximum atomic E-state index is 12.9.